The van der Waals surface area contributed by atoms with Crippen LogP contribution in [0.4, 0.5) is 0 Å². The quantitative estimate of drug-likeness (QED) is 0.557. The molecule has 3 aliphatic rings. The van der Waals surface area contributed by atoms with Gasteiger partial charge in [-0.25, -0.2) is 0 Å². The summed E-state index contributed by atoms with van der Waals surface area (Å²) in [4.78, 5) is 11.8. The molecule has 0 amide bonds. The molecule has 13 heavy (non-hydrogen) atoms. The second kappa shape index (κ2) is 2.83. The molecule has 1 nitrogen and oxygen atoms in total. The molecule has 0 aliphatic heterocycles. The minimum Gasteiger partial charge on any atom is -0.299 e. The molecule has 0 unspecified atom stereocenters. The summed E-state index contributed by atoms with van der Waals surface area (Å²) in [7, 11) is 0. The van der Waals surface area contributed by atoms with E-state index in [9.17, 15) is 4.79 Å². The smallest absolute Gasteiger partial charge is 0.136 e. The van der Waals surface area contributed by atoms with Gasteiger partial charge in [0, 0.05) is 12.3 Å². The SMILES string of the molecule is O=C1C[C@H]2CCC[C@H]2[C@@H]2CCC[C@H]12. The molecule has 0 bridgehead atoms. The highest BCUT2D eigenvalue weighted by atomic mass is 16.1. The molecule has 4 atom stereocenters. The number of fused-ring (bicyclic) bond motifs is 3. The molecule has 0 spiro atoms. The molecule has 0 aromatic rings. The van der Waals surface area contributed by atoms with Gasteiger partial charge in [-0.05, 0) is 43.4 Å². The Kier molecular flexibility index (Phi) is 1.75. The van der Waals surface area contributed by atoms with E-state index in [1.165, 1.54) is 38.5 Å². The van der Waals surface area contributed by atoms with Gasteiger partial charge in [0.1, 0.15) is 5.78 Å². The van der Waals surface area contributed by atoms with E-state index in [2.05, 4.69) is 0 Å². The van der Waals surface area contributed by atoms with Crippen molar-refractivity contribution in [1.82, 2.24) is 0 Å². The van der Waals surface area contributed by atoms with E-state index < -0.39 is 0 Å². The second-order valence-corrected chi connectivity index (χ2v) is 5.23. The maximum absolute atomic E-state index is 11.8. The first kappa shape index (κ1) is 8.02. The van der Waals surface area contributed by atoms with Crippen molar-refractivity contribution in [3.05, 3.63) is 0 Å². The number of rotatable bonds is 0. The van der Waals surface area contributed by atoms with Gasteiger partial charge >= 0.3 is 0 Å². The van der Waals surface area contributed by atoms with E-state index in [0.29, 0.717) is 11.7 Å². The first-order valence-corrected chi connectivity index (χ1v) is 5.89. The Balaban J connectivity index is 1.88. The minimum atomic E-state index is 0.499. The third kappa shape index (κ3) is 1.09. The van der Waals surface area contributed by atoms with Gasteiger partial charge < -0.3 is 0 Å². The zero-order valence-electron chi connectivity index (χ0n) is 8.17. The van der Waals surface area contributed by atoms with Crippen molar-refractivity contribution in [2.45, 2.75) is 44.9 Å². The molecule has 0 N–H and O–H groups in total. The van der Waals surface area contributed by atoms with Crippen LogP contribution in [0.1, 0.15) is 44.9 Å². The summed E-state index contributed by atoms with van der Waals surface area (Å²) in [5.41, 5.74) is 0. The first-order valence-electron chi connectivity index (χ1n) is 5.89. The maximum atomic E-state index is 11.8. The summed E-state index contributed by atoms with van der Waals surface area (Å²) >= 11 is 0. The molecule has 0 aromatic heterocycles. The summed E-state index contributed by atoms with van der Waals surface area (Å²) in [6.45, 7) is 0. The van der Waals surface area contributed by atoms with Crippen LogP contribution in [0, 0.1) is 23.7 Å². The van der Waals surface area contributed by atoms with Crippen LogP contribution >= 0.6 is 0 Å². The lowest BCUT2D eigenvalue weighted by Gasteiger charge is -2.35. The van der Waals surface area contributed by atoms with E-state index in [4.69, 9.17) is 0 Å². The van der Waals surface area contributed by atoms with Crippen LogP contribution in [0.25, 0.3) is 0 Å². The highest BCUT2D eigenvalue weighted by Crippen LogP contribution is 2.52. The standard InChI is InChI=1S/C12H18O/c13-12-7-8-3-1-4-9(8)10-5-2-6-11(10)12/h8-11H,1-7H2/t8-,9-,10+,11+/m1/s1. The molecule has 0 heterocycles. The molecule has 3 fully saturated rings. The average Bonchev–Trinajstić information content (AvgIpc) is 2.66. The van der Waals surface area contributed by atoms with Gasteiger partial charge in [-0.1, -0.05) is 12.8 Å². The Morgan fingerprint density at radius 2 is 1.69 bits per heavy atom. The Hall–Kier alpha value is -0.330. The number of carbonyl (C=O) groups is 1. The molecular weight excluding hydrogens is 160 g/mol. The van der Waals surface area contributed by atoms with Crippen molar-refractivity contribution in [3.63, 3.8) is 0 Å². The van der Waals surface area contributed by atoms with Crippen molar-refractivity contribution in [1.29, 1.82) is 0 Å². The predicted octanol–water partition coefficient (Wildman–Crippen LogP) is 2.79. The Morgan fingerprint density at radius 3 is 2.62 bits per heavy atom. The summed E-state index contributed by atoms with van der Waals surface area (Å²) in [6.07, 6.45) is 9.00. The topological polar surface area (TPSA) is 17.1 Å². The van der Waals surface area contributed by atoms with E-state index in [1.807, 2.05) is 0 Å². The fourth-order valence-corrected chi connectivity index (χ4v) is 4.19. The number of carbonyl (C=O) groups excluding carboxylic acids is 1. The highest BCUT2D eigenvalue weighted by molar-refractivity contribution is 5.82. The number of Topliss-reactive ketones (excluding diaryl/α,β-unsaturated/α-hetero) is 1. The van der Waals surface area contributed by atoms with Crippen LogP contribution in [0.15, 0.2) is 0 Å². The molecule has 72 valence electrons. The van der Waals surface area contributed by atoms with Crippen LogP contribution in [0.2, 0.25) is 0 Å². The van der Waals surface area contributed by atoms with Crippen molar-refractivity contribution in [2.75, 3.05) is 0 Å². The number of ketones is 1. The van der Waals surface area contributed by atoms with E-state index >= 15 is 0 Å². The molecule has 0 radical (unpaired) electrons. The van der Waals surface area contributed by atoms with E-state index in [0.717, 1.165) is 24.2 Å². The average molecular weight is 178 g/mol. The Morgan fingerprint density at radius 1 is 0.923 bits per heavy atom. The first-order chi connectivity index (χ1) is 6.36. The van der Waals surface area contributed by atoms with Gasteiger partial charge in [0.15, 0.2) is 0 Å². The molecular formula is C12H18O. The fraction of sp³-hybridized carbons (Fsp3) is 0.917. The maximum Gasteiger partial charge on any atom is 0.136 e. The summed E-state index contributed by atoms with van der Waals surface area (Å²) in [5.74, 6) is 3.68. The van der Waals surface area contributed by atoms with Gasteiger partial charge in [0.2, 0.25) is 0 Å². The molecule has 3 aliphatic carbocycles. The van der Waals surface area contributed by atoms with Crippen LogP contribution in [0.5, 0.6) is 0 Å². The molecule has 3 rings (SSSR count). The minimum absolute atomic E-state index is 0.499. The Labute approximate surface area is 79.9 Å². The van der Waals surface area contributed by atoms with Crippen molar-refractivity contribution >= 4 is 5.78 Å². The normalized spacial score (nSPS) is 49.1. The van der Waals surface area contributed by atoms with Gasteiger partial charge in [0.25, 0.3) is 0 Å². The largest absolute Gasteiger partial charge is 0.299 e. The lowest BCUT2D eigenvalue weighted by Crippen LogP contribution is -2.35. The van der Waals surface area contributed by atoms with Crippen molar-refractivity contribution in [2.24, 2.45) is 23.7 Å². The van der Waals surface area contributed by atoms with Gasteiger partial charge in [-0.15, -0.1) is 0 Å². The zero-order chi connectivity index (χ0) is 8.84. The zero-order valence-corrected chi connectivity index (χ0v) is 8.17. The van der Waals surface area contributed by atoms with E-state index in [-0.39, 0.29) is 0 Å². The fourth-order valence-electron chi connectivity index (χ4n) is 4.19. The molecule has 3 saturated carbocycles. The molecule has 0 saturated heterocycles. The Bertz CT molecular complexity index is 233. The number of hydrogen-bond acceptors (Lipinski definition) is 1. The van der Waals surface area contributed by atoms with Gasteiger partial charge in [0.05, 0.1) is 0 Å². The molecule has 1 heteroatoms. The summed E-state index contributed by atoms with van der Waals surface area (Å²) in [5, 5.41) is 0. The van der Waals surface area contributed by atoms with E-state index in [1.54, 1.807) is 0 Å². The third-order valence-corrected chi connectivity index (χ3v) is 4.71. The molecule has 0 aromatic carbocycles. The third-order valence-electron chi connectivity index (χ3n) is 4.71. The van der Waals surface area contributed by atoms with Crippen LogP contribution < -0.4 is 0 Å². The summed E-state index contributed by atoms with van der Waals surface area (Å²) < 4.78 is 0. The van der Waals surface area contributed by atoms with Crippen LogP contribution in [-0.2, 0) is 4.79 Å². The van der Waals surface area contributed by atoms with Gasteiger partial charge in [-0.3, -0.25) is 4.79 Å². The number of hydrogen-bond donors (Lipinski definition) is 0. The van der Waals surface area contributed by atoms with Crippen molar-refractivity contribution < 1.29 is 4.79 Å². The highest BCUT2D eigenvalue weighted by Gasteiger charge is 2.47. The second-order valence-electron chi connectivity index (χ2n) is 5.23. The van der Waals surface area contributed by atoms with Crippen LogP contribution in [0.3, 0.4) is 0 Å². The lowest BCUT2D eigenvalue weighted by atomic mass is 9.69. The predicted molar refractivity (Wildman–Crippen MR) is 51.3 cm³/mol. The van der Waals surface area contributed by atoms with Gasteiger partial charge in [-0.2, -0.15) is 0 Å². The van der Waals surface area contributed by atoms with Crippen LogP contribution in [-0.4, -0.2) is 5.78 Å². The summed E-state index contributed by atoms with van der Waals surface area (Å²) in [6, 6.07) is 0. The monoisotopic (exact) mass is 178 g/mol. The lowest BCUT2D eigenvalue weighted by molar-refractivity contribution is -0.129. The van der Waals surface area contributed by atoms with Crippen molar-refractivity contribution in [3.8, 4) is 0 Å².